The number of benzene rings is 2. The van der Waals surface area contributed by atoms with Gasteiger partial charge in [0.15, 0.2) is 11.5 Å². The van der Waals surface area contributed by atoms with Gasteiger partial charge < -0.3 is 19.7 Å². The average Bonchev–Trinajstić information content (AvgIpc) is 3.03. The fraction of sp³-hybridized carbons (Fsp3) is 0.391. The van der Waals surface area contributed by atoms with Gasteiger partial charge in [0.1, 0.15) is 0 Å². The van der Waals surface area contributed by atoms with Gasteiger partial charge in [-0.3, -0.25) is 9.59 Å². The molecule has 2 aliphatic heterocycles. The number of piperidine rings is 1. The number of hydrogen-bond acceptors (Lipinski definition) is 4. The molecule has 152 valence electrons. The first kappa shape index (κ1) is 19.3. The number of rotatable bonds is 4. The van der Waals surface area contributed by atoms with Gasteiger partial charge in [0.2, 0.25) is 0 Å². The first-order chi connectivity index (χ1) is 14.2. The molecule has 0 atom stereocenters. The van der Waals surface area contributed by atoms with E-state index in [4.69, 9.17) is 9.47 Å². The van der Waals surface area contributed by atoms with Crippen LogP contribution in [0.5, 0.6) is 11.5 Å². The van der Waals surface area contributed by atoms with E-state index in [1.807, 2.05) is 29.2 Å². The van der Waals surface area contributed by atoms with Crippen LogP contribution in [-0.2, 0) is 6.54 Å². The minimum Gasteiger partial charge on any atom is -0.490 e. The highest BCUT2D eigenvalue weighted by atomic mass is 16.5. The topological polar surface area (TPSA) is 67.9 Å². The summed E-state index contributed by atoms with van der Waals surface area (Å²) < 4.78 is 11.2. The molecule has 29 heavy (non-hydrogen) atoms. The van der Waals surface area contributed by atoms with E-state index in [2.05, 4.69) is 5.32 Å². The average molecular weight is 394 g/mol. The molecule has 6 nitrogen and oxygen atoms in total. The summed E-state index contributed by atoms with van der Waals surface area (Å²) in [6.07, 6.45) is 4.18. The van der Waals surface area contributed by atoms with E-state index < -0.39 is 0 Å². The highest BCUT2D eigenvalue weighted by Gasteiger charge is 2.18. The fourth-order valence-corrected chi connectivity index (χ4v) is 3.63. The van der Waals surface area contributed by atoms with Gasteiger partial charge in [-0.2, -0.15) is 0 Å². The van der Waals surface area contributed by atoms with Crippen LogP contribution in [0.25, 0.3) is 0 Å². The molecular weight excluding hydrogens is 368 g/mol. The van der Waals surface area contributed by atoms with Gasteiger partial charge in [0.05, 0.1) is 13.2 Å². The van der Waals surface area contributed by atoms with Crippen molar-refractivity contribution in [2.45, 2.75) is 32.2 Å². The normalized spacial score (nSPS) is 16.1. The van der Waals surface area contributed by atoms with Crippen LogP contribution in [0.4, 0.5) is 0 Å². The maximum atomic E-state index is 12.5. The number of nitrogens with one attached hydrogen (secondary N) is 1. The second kappa shape index (κ2) is 8.99. The fourth-order valence-electron chi connectivity index (χ4n) is 3.63. The summed E-state index contributed by atoms with van der Waals surface area (Å²) in [6.45, 7) is 3.28. The van der Waals surface area contributed by atoms with Crippen molar-refractivity contribution in [3.05, 3.63) is 59.2 Å². The number of amides is 2. The maximum absolute atomic E-state index is 12.5. The Morgan fingerprint density at radius 2 is 1.52 bits per heavy atom. The zero-order valence-electron chi connectivity index (χ0n) is 16.5. The largest absolute Gasteiger partial charge is 0.490 e. The lowest BCUT2D eigenvalue weighted by atomic mass is 10.1. The maximum Gasteiger partial charge on any atom is 0.253 e. The molecule has 0 bridgehead atoms. The molecule has 0 spiro atoms. The molecule has 2 aromatic carbocycles. The third-order valence-electron chi connectivity index (χ3n) is 5.31. The SMILES string of the molecule is O=C(NCc1ccc(C(=O)N2CCCCC2)cc1)c1ccc2c(c1)OCCCO2. The molecule has 2 heterocycles. The Bertz CT molecular complexity index is 873. The van der Waals surface area contributed by atoms with Crippen LogP contribution in [0.3, 0.4) is 0 Å². The predicted molar refractivity (Wildman–Crippen MR) is 109 cm³/mol. The molecule has 1 N–H and O–H groups in total. The van der Waals surface area contributed by atoms with Crippen LogP contribution >= 0.6 is 0 Å². The van der Waals surface area contributed by atoms with Crippen molar-refractivity contribution in [2.75, 3.05) is 26.3 Å². The number of nitrogens with zero attached hydrogens (tertiary/aromatic N) is 1. The second-order valence-corrected chi connectivity index (χ2v) is 7.44. The van der Waals surface area contributed by atoms with Gasteiger partial charge >= 0.3 is 0 Å². The Balaban J connectivity index is 1.34. The highest BCUT2D eigenvalue weighted by molar-refractivity contribution is 5.95. The number of carbonyl (C=O) groups is 2. The van der Waals surface area contributed by atoms with E-state index in [1.165, 1.54) is 6.42 Å². The van der Waals surface area contributed by atoms with E-state index in [0.29, 0.717) is 42.4 Å². The summed E-state index contributed by atoms with van der Waals surface area (Å²) in [4.78, 5) is 27.0. The van der Waals surface area contributed by atoms with Gasteiger partial charge in [-0.1, -0.05) is 12.1 Å². The smallest absolute Gasteiger partial charge is 0.253 e. The van der Waals surface area contributed by atoms with Gasteiger partial charge in [-0.15, -0.1) is 0 Å². The third kappa shape index (κ3) is 4.70. The molecule has 0 aromatic heterocycles. The molecule has 0 unspecified atom stereocenters. The Morgan fingerprint density at radius 1 is 0.828 bits per heavy atom. The molecule has 0 radical (unpaired) electrons. The van der Waals surface area contributed by atoms with E-state index in [-0.39, 0.29) is 11.8 Å². The number of ether oxygens (including phenoxy) is 2. The summed E-state index contributed by atoms with van der Waals surface area (Å²) in [5.74, 6) is 1.20. The lowest BCUT2D eigenvalue weighted by molar-refractivity contribution is 0.0724. The summed E-state index contributed by atoms with van der Waals surface area (Å²) in [5.41, 5.74) is 2.18. The van der Waals surface area contributed by atoms with Crippen molar-refractivity contribution in [2.24, 2.45) is 0 Å². The molecule has 1 saturated heterocycles. The van der Waals surface area contributed by atoms with Crippen LogP contribution in [0.15, 0.2) is 42.5 Å². The van der Waals surface area contributed by atoms with Gasteiger partial charge in [0, 0.05) is 37.2 Å². The first-order valence-electron chi connectivity index (χ1n) is 10.3. The highest BCUT2D eigenvalue weighted by Crippen LogP contribution is 2.30. The zero-order chi connectivity index (χ0) is 20.1. The molecule has 6 heteroatoms. The van der Waals surface area contributed by atoms with Crippen molar-refractivity contribution in [1.82, 2.24) is 10.2 Å². The lowest BCUT2D eigenvalue weighted by Gasteiger charge is -2.26. The van der Waals surface area contributed by atoms with Gasteiger partial charge in [-0.05, 0) is 55.2 Å². The van der Waals surface area contributed by atoms with Crippen LogP contribution in [0.2, 0.25) is 0 Å². The van der Waals surface area contributed by atoms with Crippen LogP contribution in [0.1, 0.15) is 52.0 Å². The number of hydrogen-bond donors (Lipinski definition) is 1. The Morgan fingerprint density at radius 3 is 2.28 bits per heavy atom. The minimum absolute atomic E-state index is 0.0903. The number of fused-ring (bicyclic) bond motifs is 1. The van der Waals surface area contributed by atoms with Gasteiger partial charge in [-0.25, -0.2) is 0 Å². The molecule has 4 rings (SSSR count). The molecule has 1 fully saturated rings. The summed E-state index contributed by atoms with van der Waals surface area (Å²) in [5, 5.41) is 2.92. The Kier molecular flexibility index (Phi) is 5.98. The standard InChI is InChI=1S/C23H26N2O4/c26-22(19-9-10-20-21(15-19)29-14-4-13-28-20)24-16-17-5-7-18(8-6-17)23(27)25-11-2-1-3-12-25/h5-10,15H,1-4,11-14,16H2,(H,24,26). The molecule has 2 aromatic rings. The van der Waals surface area contributed by atoms with E-state index >= 15 is 0 Å². The Hall–Kier alpha value is -3.02. The third-order valence-corrected chi connectivity index (χ3v) is 5.31. The summed E-state index contributed by atoms with van der Waals surface area (Å²) in [7, 11) is 0. The van der Waals surface area contributed by atoms with Crippen molar-refractivity contribution in [3.8, 4) is 11.5 Å². The molecule has 0 aliphatic carbocycles. The molecule has 0 saturated carbocycles. The Labute approximate surface area is 170 Å². The molecule has 2 aliphatic rings. The lowest BCUT2D eigenvalue weighted by Crippen LogP contribution is -2.35. The van der Waals surface area contributed by atoms with E-state index in [0.717, 1.165) is 37.9 Å². The monoisotopic (exact) mass is 394 g/mol. The van der Waals surface area contributed by atoms with Crippen LogP contribution in [0, 0.1) is 0 Å². The zero-order valence-corrected chi connectivity index (χ0v) is 16.5. The minimum atomic E-state index is -0.172. The van der Waals surface area contributed by atoms with Crippen molar-refractivity contribution < 1.29 is 19.1 Å². The summed E-state index contributed by atoms with van der Waals surface area (Å²) >= 11 is 0. The van der Waals surface area contributed by atoms with E-state index in [1.54, 1.807) is 18.2 Å². The summed E-state index contributed by atoms with van der Waals surface area (Å²) in [6, 6.07) is 12.7. The first-order valence-corrected chi connectivity index (χ1v) is 10.3. The second-order valence-electron chi connectivity index (χ2n) is 7.44. The van der Waals surface area contributed by atoms with Gasteiger partial charge in [0.25, 0.3) is 11.8 Å². The van der Waals surface area contributed by atoms with Crippen LogP contribution in [-0.4, -0.2) is 43.0 Å². The van der Waals surface area contributed by atoms with Crippen LogP contribution < -0.4 is 14.8 Å². The number of likely N-dealkylation sites (tertiary alicyclic amines) is 1. The predicted octanol–water partition coefficient (Wildman–Crippen LogP) is 3.40. The van der Waals surface area contributed by atoms with E-state index in [9.17, 15) is 9.59 Å². The molecule has 2 amide bonds. The van der Waals surface area contributed by atoms with Crippen molar-refractivity contribution in [1.29, 1.82) is 0 Å². The number of carbonyl (C=O) groups excluding carboxylic acids is 2. The quantitative estimate of drug-likeness (QED) is 0.863. The van der Waals surface area contributed by atoms with Crippen molar-refractivity contribution >= 4 is 11.8 Å². The molecular formula is C23H26N2O4. The van der Waals surface area contributed by atoms with Crippen molar-refractivity contribution in [3.63, 3.8) is 0 Å².